The van der Waals surface area contributed by atoms with Crippen molar-refractivity contribution in [1.82, 2.24) is 19.9 Å². The van der Waals surface area contributed by atoms with Crippen LogP contribution in [0.1, 0.15) is 18.4 Å². The summed E-state index contributed by atoms with van der Waals surface area (Å²) < 4.78 is 75.4. The number of aromatic nitrogens is 3. The van der Waals surface area contributed by atoms with Crippen LogP contribution in [0.5, 0.6) is 6.01 Å². The van der Waals surface area contributed by atoms with Crippen molar-refractivity contribution in [3.63, 3.8) is 0 Å². The van der Waals surface area contributed by atoms with E-state index in [0.717, 1.165) is 39.1 Å². The van der Waals surface area contributed by atoms with E-state index in [4.69, 9.17) is 29.3 Å². The monoisotopic (exact) mass is 540 g/mol. The van der Waals surface area contributed by atoms with Gasteiger partial charge in [0, 0.05) is 57.3 Å². The molecule has 10 nitrogen and oxygen atoms in total. The second-order valence-corrected chi connectivity index (χ2v) is 7.91. The third-order valence-corrected chi connectivity index (χ3v) is 4.90. The Labute approximate surface area is 205 Å². The summed E-state index contributed by atoms with van der Waals surface area (Å²) in [5.41, 5.74) is 1.17. The lowest BCUT2D eigenvalue weighted by molar-refractivity contribution is -0.193. The number of hydrogen-bond donors (Lipinski definition) is 2. The van der Waals surface area contributed by atoms with Gasteiger partial charge < -0.3 is 19.7 Å². The maximum absolute atomic E-state index is 10.6. The van der Waals surface area contributed by atoms with Gasteiger partial charge >= 0.3 is 30.3 Å². The molecule has 4 heterocycles. The maximum atomic E-state index is 10.6. The first-order chi connectivity index (χ1) is 17.2. The first kappa shape index (κ1) is 29.7. The Morgan fingerprint density at radius 1 is 1.03 bits per heavy atom. The van der Waals surface area contributed by atoms with Crippen molar-refractivity contribution in [2.45, 2.75) is 43.4 Å². The minimum Gasteiger partial charge on any atom is -0.475 e. The fraction of sp³-hybridized carbons (Fsp3) is 0.476. The van der Waals surface area contributed by atoms with Gasteiger partial charge in [0.05, 0.1) is 12.2 Å². The zero-order chi connectivity index (χ0) is 27.7. The summed E-state index contributed by atoms with van der Waals surface area (Å²) in [6.45, 7) is 3.54. The Bertz CT molecular complexity index is 980. The Hall–Kier alpha value is -3.53. The molecule has 0 aromatic carbocycles. The van der Waals surface area contributed by atoms with E-state index in [1.54, 1.807) is 24.7 Å². The molecule has 204 valence electrons. The minimum atomic E-state index is -5.08. The number of aliphatic carboxylic acids is 2. The average molecular weight is 540 g/mol. The van der Waals surface area contributed by atoms with E-state index in [0.29, 0.717) is 6.01 Å². The highest BCUT2D eigenvalue weighted by Crippen LogP contribution is 2.36. The third-order valence-electron chi connectivity index (χ3n) is 4.90. The van der Waals surface area contributed by atoms with E-state index in [-0.39, 0.29) is 11.7 Å². The first-order valence-corrected chi connectivity index (χ1v) is 10.5. The summed E-state index contributed by atoms with van der Waals surface area (Å²) in [5, 5.41) is 14.2. The SMILES string of the molecule is O=C(O)C(F)(F)F.O=C(O)C(F)(F)F.c1cnc(OC2CCOC3(C2)CN(Cc2cccnc2)C3)nc1. The molecule has 0 bridgehead atoms. The van der Waals surface area contributed by atoms with Crippen molar-refractivity contribution in [3.8, 4) is 6.01 Å². The van der Waals surface area contributed by atoms with Crippen LogP contribution in [-0.2, 0) is 20.9 Å². The van der Waals surface area contributed by atoms with Crippen LogP contribution in [0.15, 0.2) is 43.0 Å². The molecule has 1 unspecified atom stereocenters. The van der Waals surface area contributed by atoms with Crippen LogP contribution in [0.25, 0.3) is 0 Å². The second-order valence-electron chi connectivity index (χ2n) is 7.91. The van der Waals surface area contributed by atoms with Crippen molar-refractivity contribution in [2.75, 3.05) is 19.7 Å². The Morgan fingerprint density at radius 3 is 2.08 bits per heavy atom. The van der Waals surface area contributed by atoms with Crippen molar-refractivity contribution in [2.24, 2.45) is 0 Å². The smallest absolute Gasteiger partial charge is 0.475 e. The lowest BCUT2D eigenvalue weighted by Gasteiger charge is -2.53. The number of likely N-dealkylation sites (tertiary alicyclic amines) is 1. The van der Waals surface area contributed by atoms with Crippen molar-refractivity contribution in [3.05, 3.63) is 48.5 Å². The molecule has 4 rings (SSSR count). The molecular formula is C21H22F6N4O6. The van der Waals surface area contributed by atoms with E-state index in [9.17, 15) is 26.3 Å². The molecule has 0 aliphatic carbocycles. The van der Waals surface area contributed by atoms with Crippen LogP contribution < -0.4 is 4.74 Å². The van der Waals surface area contributed by atoms with Gasteiger partial charge in [-0.25, -0.2) is 19.6 Å². The second kappa shape index (κ2) is 12.6. The first-order valence-electron chi connectivity index (χ1n) is 10.5. The van der Waals surface area contributed by atoms with E-state index < -0.39 is 24.3 Å². The number of carboxylic acid groups (broad SMARTS) is 2. The molecule has 2 saturated heterocycles. The number of ether oxygens (including phenoxy) is 2. The topological polar surface area (TPSA) is 135 Å². The Balaban J connectivity index is 0.000000286. The highest BCUT2D eigenvalue weighted by Gasteiger charge is 2.48. The largest absolute Gasteiger partial charge is 0.490 e. The molecule has 0 radical (unpaired) electrons. The normalized spacial score (nSPS) is 18.8. The fourth-order valence-corrected chi connectivity index (χ4v) is 3.43. The van der Waals surface area contributed by atoms with Gasteiger partial charge in [0.2, 0.25) is 0 Å². The lowest BCUT2D eigenvalue weighted by Crippen LogP contribution is -2.65. The average Bonchev–Trinajstić information content (AvgIpc) is 2.79. The van der Waals surface area contributed by atoms with E-state index >= 15 is 0 Å². The minimum absolute atomic E-state index is 0.0695. The summed E-state index contributed by atoms with van der Waals surface area (Å²) in [7, 11) is 0. The molecule has 2 aliphatic heterocycles. The van der Waals surface area contributed by atoms with Gasteiger partial charge in [0.1, 0.15) is 6.10 Å². The number of rotatable bonds is 4. The van der Waals surface area contributed by atoms with Gasteiger partial charge in [-0.2, -0.15) is 26.3 Å². The highest BCUT2D eigenvalue weighted by atomic mass is 19.4. The molecular weight excluding hydrogens is 518 g/mol. The fourth-order valence-electron chi connectivity index (χ4n) is 3.43. The van der Waals surface area contributed by atoms with E-state index in [1.807, 2.05) is 12.3 Å². The number of carbonyl (C=O) groups is 2. The molecule has 2 aromatic heterocycles. The molecule has 37 heavy (non-hydrogen) atoms. The van der Waals surface area contributed by atoms with Crippen molar-refractivity contribution < 1.29 is 55.6 Å². The molecule has 2 aliphatic rings. The Kier molecular flexibility index (Phi) is 10.1. The number of halogens is 6. The molecule has 1 atom stereocenters. The molecule has 0 amide bonds. The Morgan fingerprint density at radius 2 is 1.59 bits per heavy atom. The van der Waals surface area contributed by atoms with Gasteiger partial charge in [0.15, 0.2) is 0 Å². The number of hydrogen-bond acceptors (Lipinski definition) is 8. The zero-order valence-corrected chi connectivity index (χ0v) is 18.9. The predicted octanol–water partition coefficient (Wildman–Crippen LogP) is 2.95. The molecule has 16 heteroatoms. The molecule has 2 aromatic rings. The van der Waals surface area contributed by atoms with Crippen LogP contribution >= 0.6 is 0 Å². The summed E-state index contributed by atoms with van der Waals surface area (Å²) >= 11 is 0. The lowest BCUT2D eigenvalue weighted by atomic mass is 9.84. The summed E-state index contributed by atoms with van der Waals surface area (Å²) in [5.74, 6) is -5.51. The third kappa shape index (κ3) is 10.2. The van der Waals surface area contributed by atoms with Crippen LogP contribution in [0.3, 0.4) is 0 Å². The highest BCUT2D eigenvalue weighted by molar-refractivity contribution is 5.73. The summed E-state index contributed by atoms with van der Waals surface area (Å²) in [4.78, 5) is 32.6. The number of carboxylic acids is 2. The molecule has 0 saturated carbocycles. The van der Waals surface area contributed by atoms with Crippen LogP contribution in [0, 0.1) is 0 Å². The number of alkyl halides is 6. The number of nitrogens with zero attached hydrogens (tertiary/aromatic N) is 4. The maximum Gasteiger partial charge on any atom is 0.490 e. The van der Waals surface area contributed by atoms with Crippen LogP contribution in [-0.4, -0.2) is 85.8 Å². The summed E-state index contributed by atoms with van der Waals surface area (Å²) in [6.07, 6.45) is -1.11. The van der Waals surface area contributed by atoms with Gasteiger partial charge in [-0.15, -0.1) is 0 Å². The molecule has 1 spiro atoms. The number of pyridine rings is 1. The van der Waals surface area contributed by atoms with Crippen molar-refractivity contribution >= 4 is 11.9 Å². The zero-order valence-electron chi connectivity index (χ0n) is 18.9. The van der Waals surface area contributed by atoms with E-state index in [2.05, 4.69) is 25.9 Å². The standard InChI is InChI=1S/C17H20N4O2.2C2HF3O2/c1-3-14(10-18-5-1)11-21-12-17(13-21)9-15(4-8-22-17)23-16-19-6-2-7-20-16;2*3-2(4,5)1(6)7/h1-3,5-7,10,15H,4,8-9,11-13H2;2*(H,6,7). The summed E-state index contributed by atoms with van der Waals surface area (Å²) in [6, 6.07) is 6.34. The van der Waals surface area contributed by atoms with Crippen LogP contribution in [0.4, 0.5) is 26.3 Å². The van der Waals surface area contributed by atoms with E-state index in [1.165, 1.54) is 5.56 Å². The predicted molar refractivity (Wildman–Crippen MR) is 111 cm³/mol. The quantitative estimate of drug-likeness (QED) is 0.558. The molecule has 2 fully saturated rings. The van der Waals surface area contributed by atoms with Crippen LogP contribution in [0.2, 0.25) is 0 Å². The van der Waals surface area contributed by atoms with Gasteiger partial charge in [0.25, 0.3) is 0 Å². The van der Waals surface area contributed by atoms with Gasteiger partial charge in [-0.05, 0) is 17.7 Å². The van der Waals surface area contributed by atoms with Gasteiger partial charge in [-0.1, -0.05) is 6.07 Å². The van der Waals surface area contributed by atoms with Gasteiger partial charge in [-0.3, -0.25) is 9.88 Å². The molecule has 2 N–H and O–H groups in total. The van der Waals surface area contributed by atoms with Crippen molar-refractivity contribution in [1.29, 1.82) is 0 Å².